The molecule has 1 saturated heterocycles. The van der Waals surface area contributed by atoms with E-state index in [2.05, 4.69) is 27.3 Å². The van der Waals surface area contributed by atoms with E-state index in [4.69, 9.17) is 11.6 Å². The van der Waals surface area contributed by atoms with Gasteiger partial charge in [-0.05, 0) is 42.1 Å². The molecule has 0 amide bonds. The van der Waals surface area contributed by atoms with E-state index in [-0.39, 0.29) is 5.75 Å². The van der Waals surface area contributed by atoms with Crippen LogP contribution < -0.4 is 0 Å². The SMILES string of the molecule is O=S(=O)(CCN1CCN(CCc2cccs2)CC1)c1ccc(Cl)cc1. The lowest BCUT2D eigenvalue weighted by Gasteiger charge is -2.34. The van der Waals surface area contributed by atoms with Gasteiger partial charge in [0.15, 0.2) is 9.84 Å². The van der Waals surface area contributed by atoms with Crippen molar-refractivity contribution in [2.24, 2.45) is 0 Å². The molecule has 1 aliphatic heterocycles. The van der Waals surface area contributed by atoms with Crippen molar-refractivity contribution in [3.8, 4) is 0 Å². The lowest BCUT2D eigenvalue weighted by atomic mass is 10.2. The normalized spacial score (nSPS) is 17.0. The van der Waals surface area contributed by atoms with E-state index in [0.29, 0.717) is 16.5 Å². The topological polar surface area (TPSA) is 40.6 Å². The third-order valence-corrected chi connectivity index (χ3v) is 7.47. The molecule has 0 unspecified atom stereocenters. The first-order valence-electron chi connectivity index (χ1n) is 8.48. The molecule has 0 aliphatic carbocycles. The molecule has 3 rings (SSSR count). The van der Waals surface area contributed by atoms with Gasteiger partial charge < -0.3 is 4.90 Å². The fourth-order valence-corrected chi connectivity index (χ4v) is 5.08. The van der Waals surface area contributed by atoms with E-state index in [1.54, 1.807) is 24.3 Å². The van der Waals surface area contributed by atoms with Crippen LogP contribution in [0.3, 0.4) is 0 Å². The maximum Gasteiger partial charge on any atom is 0.179 e. The Morgan fingerprint density at radius 2 is 1.60 bits per heavy atom. The summed E-state index contributed by atoms with van der Waals surface area (Å²) in [5.41, 5.74) is 0. The van der Waals surface area contributed by atoms with E-state index >= 15 is 0 Å². The number of halogens is 1. The van der Waals surface area contributed by atoms with Crippen LogP contribution in [-0.2, 0) is 16.3 Å². The molecule has 1 aromatic heterocycles. The zero-order chi connectivity index (χ0) is 17.7. The van der Waals surface area contributed by atoms with Crippen molar-refractivity contribution < 1.29 is 8.42 Å². The summed E-state index contributed by atoms with van der Waals surface area (Å²) in [6.07, 6.45) is 1.10. The molecule has 0 atom stereocenters. The molecule has 7 heteroatoms. The third-order valence-electron chi connectivity index (χ3n) is 4.57. The smallest absolute Gasteiger partial charge is 0.179 e. The van der Waals surface area contributed by atoms with Crippen LogP contribution in [0.25, 0.3) is 0 Å². The van der Waals surface area contributed by atoms with Crippen LogP contribution in [0.4, 0.5) is 0 Å². The van der Waals surface area contributed by atoms with Crippen LogP contribution in [0.2, 0.25) is 5.02 Å². The number of benzene rings is 1. The Hall–Kier alpha value is -0.920. The van der Waals surface area contributed by atoms with Gasteiger partial charge in [0.05, 0.1) is 10.6 Å². The number of nitrogens with zero attached hydrogens (tertiary/aromatic N) is 2. The highest BCUT2D eigenvalue weighted by atomic mass is 35.5. The van der Waals surface area contributed by atoms with E-state index in [9.17, 15) is 8.42 Å². The molecule has 0 N–H and O–H groups in total. The van der Waals surface area contributed by atoms with Crippen molar-refractivity contribution in [3.05, 3.63) is 51.7 Å². The predicted octanol–water partition coefficient (Wildman–Crippen LogP) is 3.04. The number of thiophene rings is 1. The van der Waals surface area contributed by atoms with Crippen molar-refractivity contribution >= 4 is 32.8 Å². The monoisotopic (exact) mass is 398 g/mol. The fraction of sp³-hybridized carbons (Fsp3) is 0.444. The molecule has 1 fully saturated rings. The molecule has 0 bridgehead atoms. The van der Waals surface area contributed by atoms with Crippen LogP contribution >= 0.6 is 22.9 Å². The molecule has 4 nitrogen and oxygen atoms in total. The van der Waals surface area contributed by atoms with Crippen molar-refractivity contribution in [3.63, 3.8) is 0 Å². The Bertz CT molecular complexity index is 753. The lowest BCUT2D eigenvalue weighted by molar-refractivity contribution is 0.139. The summed E-state index contributed by atoms with van der Waals surface area (Å²) >= 11 is 7.64. The second kappa shape index (κ2) is 8.64. The summed E-state index contributed by atoms with van der Waals surface area (Å²) in [6.45, 7) is 5.54. The second-order valence-corrected chi connectivity index (χ2v) is 9.86. The zero-order valence-electron chi connectivity index (χ0n) is 14.1. The predicted molar refractivity (Wildman–Crippen MR) is 104 cm³/mol. The van der Waals surface area contributed by atoms with Gasteiger partial charge in [-0.1, -0.05) is 17.7 Å². The summed E-state index contributed by atoms with van der Waals surface area (Å²) in [5.74, 6) is 0.157. The minimum absolute atomic E-state index is 0.157. The van der Waals surface area contributed by atoms with Crippen molar-refractivity contribution in [2.75, 3.05) is 45.0 Å². The minimum Gasteiger partial charge on any atom is -0.300 e. The summed E-state index contributed by atoms with van der Waals surface area (Å²) < 4.78 is 24.8. The average Bonchev–Trinajstić information content (AvgIpc) is 3.13. The summed E-state index contributed by atoms with van der Waals surface area (Å²) in [4.78, 5) is 6.49. The number of hydrogen-bond donors (Lipinski definition) is 0. The standard InChI is InChI=1S/C18H23ClN2O2S2/c19-16-3-5-18(6-4-16)25(22,23)15-13-21-11-9-20(10-12-21)8-7-17-2-1-14-24-17/h1-6,14H,7-13,15H2. The third kappa shape index (κ3) is 5.53. The molecule has 0 spiro atoms. The number of piperazine rings is 1. The highest BCUT2D eigenvalue weighted by Crippen LogP contribution is 2.16. The number of sulfone groups is 1. The molecule has 1 aromatic carbocycles. The average molecular weight is 399 g/mol. The largest absolute Gasteiger partial charge is 0.300 e. The second-order valence-electron chi connectivity index (χ2n) is 6.29. The molecule has 2 heterocycles. The Kier molecular flexibility index (Phi) is 6.52. The van der Waals surface area contributed by atoms with Crippen LogP contribution in [-0.4, -0.2) is 63.2 Å². The highest BCUT2D eigenvalue weighted by Gasteiger charge is 2.20. The molecule has 0 saturated carbocycles. The quantitative estimate of drug-likeness (QED) is 0.718. The summed E-state index contributed by atoms with van der Waals surface area (Å²) in [7, 11) is -3.24. The first-order valence-corrected chi connectivity index (χ1v) is 11.4. The first kappa shape index (κ1) is 18.9. The fourth-order valence-electron chi connectivity index (χ4n) is 2.97. The molecule has 25 heavy (non-hydrogen) atoms. The van der Waals surface area contributed by atoms with Crippen LogP contribution in [0.1, 0.15) is 4.88 Å². The van der Waals surface area contributed by atoms with Crippen LogP contribution in [0.5, 0.6) is 0 Å². The first-order chi connectivity index (χ1) is 12.0. The van der Waals surface area contributed by atoms with E-state index in [1.165, 1.54) is 4.88 Å². The Morgan fingerprint density at radius 3 is 2.20 bits per heavy atom. The van der Waals surface area contributed by atoms with E-state index in [1.807, 2.05) is 11.3 Å². The maximum atomic E-state index is 12.4. The lowest BCUT2D eigenvalue weighted by Crippen LogP contribution is -2.48. The van der Waals surface area contributed by atoms with Crippen LogP contribution in [0, 0.1) is 0 Å². The van der Waals surface area contributed by atoms with Gasteiger partial charge in [0.2, 0.25) is 0 Å². The summed E-state index contributed by atoms with van der Waals surface area (Å²) in [6, 6.07) is 10.7. The molecule has 1 aliphatic rings. The molecule has 0 radical (unpaired) electrons. The van der Waals surface area contributed by atoms with Crippen molar-refractivity contribution in [1.29, 1.82) is 0 Å². The number of rotatable bonds is 7. The molecule has 136 valence electrons. The Labute approximate surface area is 158 Å². The van der Waals surface area contributed by atoms with Gasteiger partial charge in [0.1, 0.15) is 0 Å². The van der Waals surface area contributed by atoms with Crippen molar-refractivity contribution in [1.82, 2.24) is 9.80 Å². The molecular formula is C18H23ClN2O2S2. The summed E-state index contributed by atoms with van der Waals surface area (Å²) in [5, 5.41) is 2.67. The maximum absolute atomic E-state index is 12.4. The highest BCUT2D eigenvalue weighted by molar-refractivity contribution is 7.91. The van der Waals surface area contributed by atoms with Crippen LogP contribution in [0.15, 0.2) is 46.7 Å². The number of hydrogen-bond acceptors (Lipinski definition) is 5. The molecular weight excluding hydrogens is 376 g/mol. The zero-order valence-corrected chi connectivity index (χ0v) is 16.5. The van der Waals surface area contributed by atoms with Crippen molar-refractivity contribution in [2.45, 2.75) is 11.3 Å². The van der Waals surface area contributed by atoms with Gasteiger partial charge in [-0.3, -0.25) is 4.90 Å². The Morgan fingerprint density at radius 1 is 0.960 bits per heavy atom. The van der Waals surface area contributed by atoms with Gasteiger partial charge in [-0.15, -0.1) is 11.3 Å². The Balaban J connectivity index is 1.42. The van der Waals surface area contributed by atoms with Gasteiger partial charge in [0, 0.05) is 49.2 Å². The molecule has 2 aromatic rings. The van der Waals surface area contributed by atoms with E-state index < -0.39 is 9.84 Å². The van der Waals surface area contributed by atoms with Gasteiger partial charge in [0.25, 0.3) is 0 Å². The van der Waals surface area contributed by atoms with E-state index in [0.717, 1.165) is 39.1 Å². The van der Waals surface area contributed by atoms with Gasteiger partial charge in [-0.2, -0.15) is 0 Å². The van der Waals surface area contributed by atoms with Gasteiger partial charge >= 0.3 is 0 Å². The van der Waals surface area contributed by atoms with Gasteiger partial charge in [-0.25, -0.2) is 8.42 Å². The minimum atomic E-state index is -3.24.